The van der Waals surface area contributed by atoms with Crippen molar-refractivity contribution in [2.75, 3.05) is 0 Å². The summed E-state index contributed by atoms with van der Waals surface area (Å²) < 4.78 is 0. The molecular weight excluding hydrogens is 420 g/mol. The quantitative estimate of drug-likeness (QED) is 0.477. The first-order valence-corrected chi connectivity index (χ1v) is 13.6. The number of rotatable bonds is 0. The number of ketones is 2. The number of nitriles is 1. The molecule has 8 atom stereocenters. The van der Waals surface area contributed by atoms with Gasteiger partial charge in [-0.15, -0.1) is 0 Å². The van der Waals surface area contributed by atoms with Crippen LogP contribution in [0, 0.1) is 62.1 Å². The molecule has 0 aromatic rings. The average molecular weight is 465 g/mol. The fourth-order valence-corrected chi connectivity index (χ4v) is 10.3. The van der Waals surface area contributed by atoms with Gasteiger partial charge in [0.1, 0.15) is 11.9 Å². The van der Waals surface area contributed by atoms with E-state index in [1.807, 2.05) is 19.9 Å². The van der Waals surface area contributed by atoms with Crippen LogP contribution in [0.3, 0.4) is 0 Å². The molecule has 0 bridgehead atoms. The van der Waals surface area contributed by atoms with Crippen molar-refractivity contribution < 1.29 is 9.59 Å². The normalized spacial score (nSPS) is 51.2. The van der Waals surface area contributed by atoms with Gasteiger partial charge in [-0.2, -0.15) is 5.26 Å². The molecule has 1 unspecified atom stereocenters. The first kappa shape index (κ1) is 24.2. The van der Waals surface area contributed by atoms with Crippen molar-refractivity contribution in [3.8, 4) is 6.07 Å². The van der Waals surface area contributed by atoms with E-state index < -0.39 is 5.41 Å². The Morgan fingerprint density at radius 3 is 2.21 bits per heavy atom. The lowest BCUT2D eigenvalue weighted by Gasteiger charge is -2.71. The summed E-state index contributed by atoms with van der Waals surface area (Å²) in [5.41, 5.74) is 6.38. The minimum atomic E-state index is -0.580. The van der Waals surface area contributed by atoms with Gasteiger partial charge in [0.05, 0.1) is 5.57 Å². The number of hydrogen-bond acceptors (Lipinski definition) is 4. The molecule has 0 saturated heterocycles. The van der Waals surface area contributed by atoms with Crippen LogP contribution in [0.25, 0.3) is 0 Å². The van der Waals surface area contributed by atoms with Gasteiger partial charge in [0.15, 0.2) is 5.78 Å². The van der Waals surface area contributed by atoms with Gasteiger partial charge in [0.25, 0.3) is 0 Å². The molecular formula is C30H44N2O2. The second kappa shape index (κ2) is 6.84. The van der Waals surface area contributed by atoms with Crippen molar-refractivity contribution in [3.63, 3.8) is 0 Å². The van der Waals surface area contributed by atoms with E-state index in [2.05, 4.69) is 40.7 Å². The third-order valence-corrected chi connectivity index (χ3v) is 12.5. The van der Waals surface area contributed by atoms with E-state index in [9.17, 15) is 14.9 Å². The Labute approximate surface area is 206 Å². The van der Waals surface area contributed by atoms with Crippen LogP contribution in [-0.2, 0) is 9.59 Å². The third kappa shape index (κ3) is 2.80. The Balaban J connectivity index is 1.63. The van der Waals surface area contributed by atoms with E-state index in [-0.39, 0.29) is 56.7 Å². The van der Waals surface area contributed by atoms with Crippen LogP contribution in [0.2, 0.25) is 0 Å². The Kier molecular flexibility index (Phi) is 4.88. The predicted octanol–water partition coefficient (Wildman–Crippen LogP) is 6.00. The summed E-state index contributed by atoms with van der Waals surface area (Å²) in [6, 6.07) is 2.21. The maximum Gasteiger partial charge on any atom is 0.178 e. The second-order valence-electron chi connectivity index (χ2n) is 14.9. The lowest BCUT2D eigenvalue weighted by molar-refractivity contribution is -0.212. The van der Waals surface area contributed by atoms with Crippen LogP contribution >= 0.6 is 0 Å². The first-order chi connectivity index (χ1) is 15.6. The molecule has 4 saturated carbocycles. The van der Waals surface area contributed by atoms with Gasteiger partial charge in [0.2, 0.25) is 0 Å². The lowest BCUT2D eigenvalue weighted by atomic mass is 9.32. The van der Waals surface area contributed by atoms with E-state index >= 15 is 0 Å². The fourth-order valence-electron chi connectivity index (χ4n) is 10.3. The van der Waals surface area contributed by atoms with Gasteiger partial charge in [-0.3, -0.25) is 9.59 Å². The number of carbonyl (C=O) groups excluding carboxylic acids is 2. The molecule has 5 aliphatic carbocycles. The summed E-state index contributed by atoms with van der Waals surface area (Å²) in [7, 11) is 0. The predicted molar refractivity (Wildman–Crippen MR) is 133 cm³/mol. The van der Waals surface area contributed by atoms with Gasteiger partial charge < -0.3 is 5.73 Å². The molecule has 0 aromatic carbocycles. The highest BCUT2D eigenvalue weighted by Crippen LogP contribution is 2.74. The van der Waals surface area contributed by atoms with Crippen LogP contribution in [0.15, 0.2) is 11.6 Å². The molecule has 0 amide bonds. The molecule has 5 aliphatic rings. The number of Topliss-reactive ketones (excluding diaryl/α,β-unsaturated/α-hetero) is 2. The third-order valence-electron chi connectivity index (χ3n) is 12.5. The number of hydrogen-bond donors (Lipinski definition) is 1. The number of nitrogens with zero attached hydrogens (tertiary/aromatic N) is 1. The standard InChI is InChI=1S/C30H44N2O2/c1-25(2)10-12-30(32)13-11-29(7)23(19(30)16-25)20(33)14-22-27(5)15-18(17-31)24(34)26(3,4)21(27)8-9-28(22,29)6/h15,19,21-23H,8-14,16,32H2,1-7H3/t19-,21?,22+,23-,27-,28+,29+,30-/m0/s1. The van der Waals surface area contributed by atoms with Crippen LogP contribution < -0.4 is 5.73 Å². The molecule has 0 spiro atoms. The largest absolute Gasteiger partial charge is 0.325 e. The molecule has 0 aliphatic heterocycles. The van der Waals surface area contributed by atoms with E-state index in [0.29, 0.717) is 17.8 Å². The maximum atomic E-state index is 14.2. The number of allylic oxidation sites excluding steroid dienone is 2. The molecule has 5 rings (SSSR count). The molecule has 0 aromatic heterocycles. The highest BCUT2D eigenvalue weighted by molar-refractivity contribution is 6.04. The maximum absolute atomic E-state index is 14.2. The Morgan fingerprint density at radius 1 is 0.912 bits per heavy atom. The van der Waals surface area contributed by atoms with E-state index in [1.165, 1.54) is 0 Å². The van der Waals surface area contributed by atoms with Gasteiger partial charge in [0, 0.05) is 23.3 Å². The van der Waals surface area contributed by atoms with Crippen molar-refractivity contribution in [1.29, 1.82) is 5.26 Å². The minimum Gasteiger partial charge on any atom is -0.325 e. The van der Waals surface area contributed by atoms with Crippen LogP contribution in [-0.4, -0.2) is 17.1 Å². The zero-order chi connectivity index (χ0) is 25.1. The first-order valence-electron chi connectivity index (χ1n) is 13.6. The van der Waals surface area contributed by atoms with Crippen molar-refractivity contribution >= 4 is 11.6 Å². The zero-order valence-electron chi connectivity index (χ0n) is 22.4. The number of nitrogens with two attached hydrogens (primary N) is 1. The Bertz CT molecular complexity index is 1030. The van der Waals surface area contributed by atoms with Crippen LogP contribution in [0.4, 0.5) is 0 Å². The molecule has 4 fully saturated rings. The van der Waals surface area contributed by atoms with Gasteiger partial charge in [-0.25, -0.2) is 0 Å². The van der Waals surface area contributed by atoms with Gasteiger partial charge >= 0.3 is 0 Å². The van der Waals surface area contributed by atoms with Crippen molar-refractivity contribution in [2.45, 2.75) is 105 Å². The summed E-state index contributed by atoms with van der Waals surface area (Å²) in [6.07, 6.45) is 9.76. The summed E-state index contributed by atoms with van der Waals surface area (Å²) in [6.45, 7) is 15.8. The Morgan fingerprint density at radius 2 is 1.56 bits per heavy atom. The molecule has 186 valence electrons. The monoisotopic (exact) mass is 464 g/mol. The summed E-state index contributed by atoms with van der Waals surface area (Å²) in [4.78, 5) is 27.4. The molecule has 4 nitrogen and oxygen atoms in total. The van der Waals surface area contributed by atoms with Crippen molar-refractivity contribution in [3.05, 3.63) is 11.6 Å². The van der Waals surface area contributed by atoms with E-state index in [4.69, 9.17) is 5.73 Å². The smallest absolute Gasteiger partial charge is 0.178 e. The average Bonchev–Trinajstić information content (AvgIpc) is 2.74. The zero-order valence-corrected chi connectivity index (χ0v) is 22.4. The van der Waals surface area contributed by atoms with E-state index in [1.54, 1.807) is 0 Å². The van der Waals surface area contributed by atoms with E-state index in [0.717, 1.165) is 44.9 Å². The molecule has 34 heavy (non-hydrogen) atoms. The number of fused-ring (bicyclic) bond motifs is 7. The number of carbonyl (C=O) groups is 2. The molecule has 2 N–H and O–H groups in total. The molecule has 0 heterocycles. The van der Waals surface area contributed by atoms with Crippen LogP contribution in [0.5, 0.6) is 0 Å². The van der Waals surface area contributed by atoms with Gasteiger partial charge in [-0.1, -0.05) is 54.5 Å². The highest BCUT2D eigenvalue weighted by atomic mass is 16.1. The van der Waals surface area contributed by atoms with Crippen LogP contribution in [0.1, 0.15) is 99.8 Å². The summed E-state index contributed by atoms with van der Waals surface area (Å²) in [5, 5.41) is 9.84. The second-order valence-corrected chi connectivity index (χ2v) is 14.9. The molecule has 0 radical (unpaired) electrons. The fraction of sp³-hybridized carbons (Fsp3) is 0.833. The van der Waals surface area contributed by atoms with Crippen molar-refractivity contribution in [2.24, 2.45) is 56.5 Å². The summed E-state index contributed by atoms with van der Waals surface area (Å²) >= 11 is 0. The molecule has 4 heteroatoms. The lowest BCUT2D eigenvalue weighted by Crippen LogP contribution is -2.71. The topological polar surface area (TPSA) is 83.9 Å². The Hall–Kier alpha value is -1.47. The summed E-state index contributed by atoms with van der Waals surface area (Å²) in [5.74, 6) is 0.935. The highest BCUT2D eigenvalue weighted by Gasteiger charge is 2.71. The SMILES string of the molecule is CC1(C)CC[C@]2(N)CC[C@]3(C)[C@H](C(=O)C[C@@H]4[C@@]5(C)C=C(C#N)C(=O)C(C)(C)C5CC[C@]43C)[C@@H]2C1. The minimum absolute atomic E-state index is 0.0184. The van der Waals surface area contributed by atoms with Gasteiger partial charge in [-0.05, 0) is 84.4 Å². The van der Waals surface area contributed by atoms with Crippen molar-refractivity contribution in [1.82, 2.24) is 0 Å².